The Bertz CT molecular complexity index is 1390. The van der Waals surface area contributed by atoms with Crippen LogP contribution in [0.5, 0.6) is 0 Å². The van der Waals surface area contributed by atoms with Gasteiger partial charge in [-0.25, -0.2) is 13.2 Å². The van der Waals surface area contributed by atoms with Gasteiger partial charge in [0, 0.05) is 17.6 Å². The number of carboxylic acid groups (broad SMARTS) is 1. The van der Waals surface area contributed by atoms with Crippen molar-refractivity contribution >= 4 is 45.3 Å². The lowest BCUT2D eigenvalue weighted by molar-refractivity contribution is -0.131. The summed E-state index contributed by atoms with van der Waals surface area (Å²) in [6, 6.07) is 18.4. The average Bonchev–Trinajstić information content (AvgIpc) is 2.85. The Balaban J connectivity index is 1.88. The van der Waals surface area contributed by atoms with E-state index in [4.69, 9.17) is 16.7 Å². The molecule has 188 valence electrons. The molecule has 2 N–H and O–H groups in total. The van der Waals surface area contributed by atoms with Gasteiger partial charge in [0.05, 0.1) is 10.6 Å². The van der Waals surface area contributed by atoms with E-state index in [1.54, 1.807) is 54.6 Å². The summed E-state index contributed by atoms with van der Waals surface area (Å²) >= 11 is 6.36. The van der Waals surface area contributed by atoms with Crippen molar-refractivity contribution in [1.82, 2.24) is 5.32 Å². The topological polar surface area (TPSA) is 104 Å². The van der Waals surface area contributed by atoms with Gasteiger partial charge in [0.1, 0.15) is 6.54 Å². The molecule has 36 heavy (non-hydrogen) atoms. The molecule has 0 aliphatic heterocycles. The Labute approximate surface area is 216 Å². The second kappa shape index (κ2) is 11.9. The van der Waals surface area contributed by atoms with E-state index < -0.39 is 28.4 Å². The molecule has 0 heterocycles. The average molecular weight is 527 g/mol. The van der Waals surface area contributed by atoms with E-state index in [-0.39, 0.29) is 11.4 Å². The minimum Gasteiger partial charge on any atom is -0.478 e. The number of carboxylic acids is 1. The van der Waals surface area contributed by atoms with Gasteiger partial charge in [-0.05, 0) is 66.4 Å². The van der Waals surface area contributed by atoms with Crippen LogP contribution in [0.4, 0.5) is 5.69 Å². The van der Waals surface area contributed by atoms with Crippen molar-refractivity contribution < 1.29 is 23.1 Å². The van der Waals surface area contributed by atoms with Gasteiger partial charge in [-0.2, -0.15) is 0 Å². The zero-order valence-electron chi connectivity index (χ0n) is 19.9. The van der Waals surface area contributed by atoms with E-state index in [1.165, 1.54) is 18.2 Å². The van der Waals surface area contributed by atoms with Crippen LogP contribution in [0.2, 0.25) is 5.02 Å². The molecule has 0 fully saturated rings. The molecule has 3 aromatic rings. The number of carbonyl (C=O) groups excluding carboxylic acids is 1. The zero-order valence-corrected chi connectivity index (χ0v) is 21.5. The molecule has 0 spiro atoms. The lowest BCUT2D eigenvalue weighted by atomic mass is 10.1. The molecular formula is C27H27ClN2O5S. The summed E-state index contributed by atoms with van der Waals surface area (Å²) in [7, 11) is -4.07. The molecule has 3 aromatic carbocycles. The Kier molecular flexibility index (Phi) is 8.90. The zero-order chi connectivity index (χ0) is 26.3. The third-order valence-electron chi connectivity index (χ3n) is 5.47. The maximum atomic E-state index is 13.7. The van der Waals surface area contributed by atoms with Crippen LogP contribution in [0.1, 0.15) is 29.2 Å². The number of aryl methyl sites for hydroxylation is 1. The van der Waals surface area contributed by atoms with E-state index in [0.29, 0.717) is 28.3 Å². The number of aliphatic carboxylic acids is 1. The number of carbonyl (C=O) groups is 2. The summed E-state index contributed by atoms with van der Waals surface area (Å²) in [5.74, 6) is -1.56. The number of hydrogen-bond acceptors (Lipinski definition) is 4. The lowest BCUT2D eigenvalue weighted by Crippen LogP contribution is -2.41. The fourth-order valence-corrected chi connectivity index (χ4v) is 5.38. The molecule has 0 radical (unpaired) electrons. The van der Waals surface area contributed by atoms with Crippen LogP contribution in [0.15, 0.2) is 77.7 Å². The number of sulfonamides is 1. The van der Waals surface area contributed by atoms with Gasteiger partial charge in [-0.3, -0.25) is 9.10 Å². The van der Waals surface area contributed by atoms with Crippen LogP contribution in [0.3, 0.4) is 0 Å². The fraction of sp³-hybridized carbons (Fsp3) is 0.185. The molecule has 0 aromatic heterocycles. The van der Waals surface area contributed by atoms with Gasteiger partial charge in [-0.1, -0.05) is 60.5 Å². The molecule has 0 bridgehead atoms. The van der Waals surface area contributed by atoms with Crippen molar-refractivity contribution in [3.63, 3.8) is 0 Å². The molecule has 3 rings (SSSR count). The molecule has 0 aliphatic rings. The van der Waals surface area contributed by atoms with Crippen molar-refractivity contribution in [2.75, 3.05) is 10.8 Å². The smallest absolute Gasteiger partial charge is 0.328 e. The number of benzene rings is 3. The van der Waals surface area contributed by atoms with Crippen molar-refractivity contribution in [1.29, 1.82) is 0 Å². The van der Waals surface area contributed by atoms with Crippen LogP contribution in [0.25, 0.3) is 6.08 Å². The quantitative estimate of drug-likeness (QED) is 0.369. The summed E-state index contributed by atoms with van der Waals surface area (Å²) < 4.78 is 28.4. The van der Waals surface area contributed by atoms with Gasteiger partial charge in [0.25, 0.3) is 10.0 Å². The maximum Gasteiger partial charge on any atom is 0.328 e. The highest BCUT2D eigenvalue weighted by molar-refractivity contribution is 7.92. The number of rotatable bonds is 10. The first kappa shape index (κ1) is 27.0. The van der Waals surface area contributed by atoms with Crippen LogP contribution in [0, 0.1) is 6.92 Å². The molecule has 0 saturated heterocycles. The highest BCUT2D eigenvalue weighted by atomic mass is 35.5. The van der Waals surface area contributed by atoms with Crippen LogP contribution in [-0.4, -0.2) is 31.9 Å². The van der Waals surface area contributed by atoms with Crippen LogP contribution < -0.4 is 9.62 Å². The number of nitrogens with zero attached hydrogens (tertiary/aromatic N) is 1. The van der Waals surface area contributed by atoms with Gasteiger partial charge in [0.15, 0.2) is 0 Å². The fourth-order valence-electron chi connectivity index (χ4n) is 3.63. The van der Waals surface area contributed by atoms with Gasteiger partial charge in [0.2, 0.25) is 5.91 Å². The molecular weight excluding hydrogens is 500 g/mol. The third-order valence-corrected chi connectivity index (χ3v) is 7.60. The lowest BCUT2D eigenvalue weighted by Gasteiger charge is -2.26. The SMILES string of the molecule is CCc1c(Cl)cccc1N(CC(=O)NCc1cccc(C=CC(=O)O)c1)S(=O)(=O)c1ccc(C)cc1. The van der Waals surface area contributed by atoms with Gasteiger partial charge in [-0.15, -0.1) is 0 Å². The maximum absolute atomic E-state index is 13.7. The predicted octanol–water partition coefficient (Wildman–Crippen LogP) is 4.82. The molecule has 7 nitrogen and oxygen atoms in total. The molecule has 0 saturated carbocycles. The van der Waals surface area contributed by atoms with Gasteiger partial charge < -0.3 is 10.4 Å². The van der Waals surface area contributed by atoms with Crippen molar-refractivity contribution in [3.05, 3.63) is 100 Å². The van der Waals surface area contributed by atoms with Crippen molar-refractivity contribution in [2.45, 2.75) is 31.7 Å². The summed E-state index contributed by atoms with van der Waals surface area (Å²) in [5, 5.41) is 12.0. The summed E-state index contributed by atoms with van der Waals surface area (Å²) in [6.45, 7) is 3.43. The molecule has 0 aliphatic carbocycles. The second-order valence-electron chi connectivity index (χ2n) is 8.11. The highest BCUT2D eigenvalue weighted by Crippen LogP contribution is 2.32. The Morgan fingerprint density at radius 2 is 1.75 bits per heavy atom. The normalized spacial score (nSPS) is 11.4. The van der Waals surface area contributed by atoms with Crippen LogP contribution >= 0.6 is 11.6 Å². The van der Waals surface area contributed by atoms with Crippen molar-refractivity contribution in [2.24, 2.45) is 0 Å². The predicted molar refractivity (Wildman–Crippen MR) is 141 cm³/mol. The molecule has 0 unspecified atom stereocenters. The first-order chi connectivity index (χ1) is 17.1. The standard InChI is InChI=1S/C27H27ClN2O5S/c1-3-23-24(28)8-5-9-25(23)30(36(34,35)22-13-10-19(2)11-14-22)18-26(31)29-17-21-7-4-6-20(16-21)12-15-27(32)33/h4-16H,3,17-18H2,1-2H3,(H,29,31)(H,32,33). The second-order valence-corrected chi connectivity index (χ2v) is 10.4. The minimum atomic E-state index is -4.07. The minimum absolute atomic E-state index is 0.0702. The number of amides is 1. The highest BCUT2D eigenvalue weighted by Gasteiger charge is 2.29. The molecule has 0 atom stereocenters. The first-order valence-corrected chi connectivity index (χ1v) is 13.1. The van der Waals surface area contributed by atoms with E-state index in [1.807, 2.05) is 13.8 Å². The van der Waals surface area contributed by atoms with Crippen molar-refractivity contribution in [3.8, 4) is 0 Å². The number of nitrogens with one attached hydrogen (secondary N) is 1. The largest absolute Gasteiger partial charge is 0.478 e. The summed E-state index contributed by atoms with van der Waals surface area (Å²) in [6.07, 6.45) is 2.96. The Morgan fingerprint density at radius 1 is 1.06 bits per heavy atom. The summed E-state index contributed by atoms with van der Waals surface area (Å²) in [4.78, 5) is 23.8. The Morgan fingerprint density at radius 3 is 2.42 bits per heavy atom. The van der Waals surface area contributed by atoms with E-state index in [9.17, 15) is 18.0 Å². The van der Waals surface area contributed by atoms with E-state index in [2.05, 4.69) is 5.32 Å². The number of hydrogen-bond donors (Lipinski definition) is 2. The van der Waals surface area contributed by atoms with Crippen LogP contribution in [-0.2, 0) is 32.6 Å². The first-order valence-electron chi connectivity index (χ1n) is 11.2. The monoisotopic (exact) mass is 526 g/mol. The Hall–Kier alpha value is -3.62. The van der Waals surface area contributed by atoms with E-state index >= 15 is 0 Å². The van der Waals surface area contributed by atoms with E-state index in [0.717, 1.165) is 21.5 Å². The molecule has 1 amide bonds. The summed E-state index contributed by atoms with van der Waals surface area (Å²) in [5.41, 5.74) is 3.29. The number of halogens is 1. The molecule has 9 heteroatoms. The number of anilines is 1. The van der Waals surface area contributed by atoms with Gasteiger partial charge >= 0.3 is 5.97 Å². The third kappa shape index (κ3) is 6.74.